The average Bonchev–Trinajstić information content (AvgIpc) is 2.18. The van der Waals surface area contributed by atoms with Crippen molar-refractivity contribution in [1.82, 2.24) is 4.72 Å². The number of hydrogen-bond donors (Lipinski definition) is 2. The minimum absolute atomic E-state index is 0.0729. The Balaban J connectivity index is 2.82. The molecule has 0 aromatic heterocycles. The summed E-state index contributed by atoms with van der Waals surface area (Å²) >= 11 is 5.13. The van der Waals surface area contributed by atoms with Crippen LogP contribution in [0.5, 0.6) is 0 Å². The van der Waals surface area contributed by atoms with Crippen LogP contribution >= 0.6 is 27.9 Å². The molecule has 0 fully saturated rings. The van der Waals surface area contributed by atoms with Gasteiger partial charge in [-0.3, -0.25) is 4.72 Å². The maximum Gasteiger partial charge on any atom is 0.0472 e. The summed E-state index contributed by atoms with van der Waals surface area (Å²) in [4.78, 5) is 1.17. The lowest BCUT2D eigenvalue weighted by Crippen LogP contribution is -2.29. The summed E-state index contributed by atoms with van der Waals surface area (Å²) in [6.07, 6.45) is 0.676. The van der Waals surface area contributed by atoms with Gasteiger partial charge in [-0.2, -0.15) is 0 Å². The Bertz CT molecular complexity index is 349. The number of halogens is 1. The molecule has 0 atom stereocenters. The number of nitrogens with one attached hydrogen (secondary N) is 1. The predicted octanol–water partition coefficient (Wildman–Crippen LogP) is 3.38. The lowest BCUT2D eigenvalue weighted by molar-refractivity contribution is 0.298. The van der Waals surface area contributed by atoms with Crippen LogP contribution in [0.2, 0.25) is 0 Å². The molecule has 0 unspecified atom stereocenters. The molecule has 0 bridgehead atoms. The van der Waals surface area contributed by atoms with Crippen molar-refractivity contribution in [2.24, 2.45) is 0 Å². The van der Waals surface area contributed by atoms with Crippen molar-refractivity contribution < 1.29 is 5.11 Å². The molecule has 0 aliphatic rings. The predicted molar refractivity (Wildman–Crippen MR) is 73.7 cm³/mol. The Morgan fingerprint density at radius 3 is 2.62 bits per heavy atom. The van der Waals surface area contributed by atoms with E-state index in [9.17, 15) is 0 Å². The highest BCUT2D eigenvalue weighted by Crippen LogP contribution is 2.28. The van der Waals surface area contributed by atoms with E-state index in [0.717, 1.165) is 10.0 Å². The second-order valence-electron chi connectivity index (χ2n) is 4.64. The molecule has 0 radical (unpaired) electrons. The van der Waals surface area contributed by atoms with Crippen molar-refractivity contribution >= 4 is 27.9 Å². The Labute approximate surface area is 110 Å². The molecule has 0 heterocycles. The van der Waals surface area contributed by atoms with Crippen LogP contribution in [0.25, 0.3) is 0 Å². The van der Waals surface area contributed by atoms with Crippen LogP contribution in [0.1, 0.15) is 26.3 Å². The fourth-order valence-corrected chi connectivity index (χ4v) is 2.79. The van der Waals surface area contributed by atoms with Crippen LogP contribution in [0.15, 0.2) is 27.6 Å². The summed E-state index contributed by atoms with van der Waals surface area (Å²) < 4.78 is 4.44. The summed E-state index contributed by atoms with van der Waals surface area (Å²) in [6.45, 7) is 6.56. The van der Waals surface area contributed by atoms with Crippen molar-refractivity contribution in [1.29, 1.82) is 0 Å². The SMILES string of the molecule is CC(C)(C)NSc1cccc(Br)c1CCO. The molecule has 0 amide bonds. The van der Waals surface area contributed by atoms with Crippen LogP contribution in [0, 0.1) is 0 Å². The zero-order valence-electron chi connectivity index (χ0n) is 9.88. The van der Waals surface area contributed by atoms with Crippen LogP contribution in [-0.2, 0) is 6.42 Å². The first-order chi connectivity index (χ1) is 7.44. The van der Waals surface area contributed by atoms with Crippen molar-refractivity contribution in [2.45, 2.75) is 37.6 Å². The van der Waals surface area contributed by atoms with Gasteiger partial charge in [0.25, 0.3) is 0 Å². The maximum atomic E-state index is 9.05. The Morgan fingerprint density at radius 1 is 1.38 bits per heavy atom. The fourth-order valence-electron chi connectivity index (χ4n) is 1.20. The summed E-state index contributed by atoms with van der Waals surface area (Å²) in [5.74, 6) is 0. The standard InChI is InChI=1S/C12H18BrNOS/c1-12(2,3)14-16-11-6-4-5-10(13)9(11)7-8-15/h4-6,14-15H,7-8H2,1-3H3. The van der Waals surface area contributed by atoms with Gasteiger partial charge in [0.2, 0.25) is 0 Å². The summed E-state index contributed by atoms with van der Waals surface area (Å²) in [5.41, 5.74) is 1.23. The van der Waals surface area contributed by atoms with E-state index < -0.39 is 0 Å². The van der Waals surface area contributed by atoms with Crippen molar-refractivity contribution in [3.63, 3.8) is 0 Å². The molecule has 0 saturated heterocycles. The van der Waals surface area contributed by atoms with Gasteiger partial charge in [-0.05, 0) is 56.8 Å². The number of hydrogen-bond acceptors (Lipinski definition) is 3. The molecule has 2 nitrogen and oxygen atoms in total. The lowest BCUT2D eigenvalue weighted by Gasteiger charge is -2.20. The first kappa shape index (κ1) is 14.0. The van der Waals surface area contributed by atoms with Gasteiger partial charge in [0.05, 0.1) is 0 Å². The zero-order valence-corrected chi connectivity index (χ0v) is 12.3. The molecule has 2 N–H and O–H groups in total. The van der Waals surface area contributed by atoms with E-state index in [4.69, 9.17) is 5.11 Å². The van der Waals surface area contributed by atoms with E-state index in [1.54, 1.807) is 11.9 Å². The second kappa shape index (κ2) is 6.05. The summed E-state index contributed by atoms with van der Waals surface area (Å²) in [5, 5.41) is 9.05. The van der Waals surface area contributed by atoms with Crippen LogP contribution in [0.3, 0.4) is 0 Å². The summed E-state index contributed by atoms with van der Waals surface area (Å²) in [6, 6.07) is 6.09. The fraction of sp³-hybridized carbons (Fsp3) is 0.500. The van der Waals surface area contributed by atoms with Gasteiger partial charge in [0.1, 0.15) is 0 Å². The Kier molecular flexibility index (Phi) is 5.31. The van der Waals surface area contributed by atoms with E-state index in [1.807, 2.05) is 12.1 Å². The number of aliphatic hydroxyl groups is 1. The largest absolute Gasteiger partial charge is 0.396 e. The Morgan fingerprint density at radius 2 is 2.06 bits per heavy atom. The van der Waals surface area contributed by atoms with Gasteiger partial charge in [-0.25, -0.2) is 0 Å². The molecule has 1 aromatic carbocycles. The molecule has 90 valence electrons. The number of rotatable bonds is 4. The minimum Gasteiger partial charge on any atom is -0.396 e. The molecule has 0 saturated carbocycles. The van der Waals surface area contributed by atoms with Gasteiger partial charge in [0, 0.05) is 21.5 Å². The van der Waals surface area contributed by atoms with Gasteiger partial charge < -0.3 is 5.11 Å². The van der Waals surface area contributed by atoms with Crippen LogP contribution < -0.4 is 4.72 Å². The molecule has 1 rings (SSSR count). The second-order valence-corrected chi connectivity index (χ2v) is 6.35. The molecular formula is C12H18BrNOS. The zero-order chi connectivity index (χ0) is 12.2. The number of aliphatic hydroxyl groups excluding tert-OH is 1. The molecule has 0 aliphatic heterocycles. The smallest absolute Gasteiger partial charge is 0.0472 e. The third-order valence-electron chi connectivity index (χ3n) is 1.90. The summed E-state index contributed by atoms with van der Waals surface area (Å²) in [7, 11) is 0. The van der Waals surface area contributed by atoms with Crippen LogP contribution in [0.4, 0.5) is 0 Å². The van der Waals surface area contributed by atoms with Crippen molar-refractivity contribution in [2.75, 3.05) is 6.61 Å². The molecule has 4 heteroatoms. The lowest BCUT2D eigenvalue weighted by atomic mass is 10.1. The molecule has 0 spiro atoms. The highest BCUT2D eigenvalue weighted by Gasteiger charge is 2.12. The number of benzene rings is 1. The van der Waals surface area contributed by atoms with E-state index in [2.05, 4.69) is 47.5 Å². The van der Waals surface area contributed by atoms with Crippen LogP contribution in [-0.4, -0.2) is 17.3 Å². The topological polar surface area (TPSA) is 32.3 Å². The maximum absolute atomic E-state index is 9.05. The van der Waals surface area contributed by atoms with E-state index in [-0.39, 0.29) is 12.1 Å². The molecule has 0 aliphatic carbocycles. The van der Waals surface area contributed by atoms with E-state index in [0.29, 0.717) is 6.42 Å². The quantitative estimate of drug-likeness (QED) is 0.837. The first-order valence-corrected chi connectivity index (χ1v) is 6.87. The molecule has 16 heavy (non-hydrogen) atoms. The normalized spacial score (nSPS) is 11.8. The monoisotopic (exact) mass is 303 g/mol. The van der Waals surface area contributed by atoms with Gasteiger partial charge in [0.15, 0.2) is 0 Å². The Hall–Kier alpha value is -0.0300. The third-order valence-corrected chi connectivity index (χ3v) is 3.96. The van der Waals surface area contributed by atoms with Crippen molar-refractivity contribution in [3.05, 3.63) is 28.2 Å². The molecular weight excluding hydrogens is 286 g/mol. The third kappa shape index (κ3) is 4.45. The average molecular weight is 304 g/mol. The van der Waals surface area contributed by atoms with Gasteiger partial charge >= 0.3 is 0 Å². The van der Waals surface area contributed by atoms with E-state index in [1.165, 1.54) is 4.90 Å². The highest BCUT2D eigenvalue weighted by atomic mass is 79.9. The van der Waals surface area contributed by atoms with Gasteiger partial charge in [-0.1, -0.05) is 22.0 Å². The van der Waals surface area contributed by atoms with Crippen molar-refractivity contribution in [3.8, 4) is 0 Å². The highest BCUT2D eigenvalue weighted by molar-refractivity contribution is 9.10. The first-order valence-electron chi connectivity index (χ1n) is 5.26. The van der Waals surface area contributed by atoms with E-state index >= 15 is 0 Å². The minimum atomic E-state index is 0.0729. The molecule has 1 aromatic rings. The van der Waals surface area contributed by atoms with Gasteiger partial charge in [-0.15, -0.1) is 0 Å².